The van der Waals surface area contributed by atoms with Crippen LogP contribution in [0.1, 0.15) is 38.3 Å². The van der Waals surface area contributed by atoms with Crippen LogP contribution < -0.4 is 0 Å². The average molecular weight is 277 g/mol. The maximum absolute atomic E-state index is 12.2. The Kier molecular flexibility index (Phi) is 3.59. The summed E-state index contributed by atoms with van der Waals surface area (Å²) in [6.45, 7) is 3.39. The van der Waals surface area contributed by atoms with Crippen molar-refractivity contribution in [3.8, 4) is 0 Å². The topological polar surface area (TPSA) is 94.9 Å². The molecule has 2 rings (SSSR count). The Bertz CT molecular complexity index is 567. The fraction of sp³-hybridized carbons (Fsp3) is 0.357. The first-order chi connectivity index (χ1) is 9.34. The summed E-state index contributed by atoms with van der Waals surface area (Å²) in [6, 6.07) is 3.55. The van der Waals surface area contributed by atoms with E-state index in [2.05, 4.69) is 0 Å². The number of carboxylic acid groups (broad SMARTS) is 1. The van der Waals surface area contributed by atoms with Gasteiger partial charge in [-0.2, -0.15) is 0 Å². The van der Waals surface area contributed by atoms with Crippen LogP contribution in [0.4, 0.5) is 0 Å². The van der Waals surface area contributed by atoms with Crippen molar-refractivity contribution in [2.75, 3.05) is 6.54 Å². The third kappa shape index (κ3) is 2.18. The molecular formula is C14H15NO5. The molecule has 1 unspecified atom stereocenters. The Morgan fingerprint density at radius 3 is 2.00 bits per heavy atom. The second-order valence-electron chi connectivity index (χ2n) is 4.85. The van der Waals surface area contributed by atoms with Gasteiger partial charge in [0.15, 0.2) is 6.10 Å². The third-order valence-corrected chi connectivity index (χ3v) is 3.45. The number of hydrogen-bond acceptors (Lipinski definition) is 4. The summed E-state index contributed by atoms with van der Waals surface area (Å²) in [6.07, 6.45) is -1.76. The summed E-state index contributed by atoms with van der Waals surface area (Å²) >= 11 is 0. The van der Waals surface area contributed by atoms with Gasteiger partial charge >= 0.3 is 5.97 Å². The number of aliphatic carboxylic acids is 1. The lowest BCUT2D eigenvalue weighted by atomic mass is 9.99. The van der Waals surface area contributed by atoms with E-state index in [0.29, 0.717) is 22.3 Å². The fourth-order valence-corrected chi connectivity index (χ4v) is 2.30. The summed E-state index contributed by atoms with van der Waals surface area (Å²) in [5.41, 5.74) is 2.18. The lowest BCUT2D eigenvalue weighted by Crippen LogP contribution is -2.34. The number of carbonyl (C=O) groups excluding carboxylic acids is 2. The van der Waals surface area contributed by atoms with Crippen LogP contribution in [0, 0.1) is 13.8 Å². The van der Waals surface area contributed by atoms with E-state index >= 15 is 0 Å². The molecule has 1 aromatic rings. The minimum absolute atomic E-state index is 0.112. The molecule has 1 aliphatic rings. The summed E-state index contributed by atoms with van der Waals surface area (Å²) in [7, 11) is 0. The van der Waals surface area contributed by atoms with E-state index in [1.54, 1.807) is 26.0 Å². The maximum Gasteiger partial charge on any atom is 0.332 e. The Morgan fingerprint density at radius 1 is 1.15 bits per heavy atom. The molecule has 1 heterocycles. The van der Waals surface area contributed by atoms with Crippen molar-refractivity contribution < 1.29 is 24.6 Å². The molecule has 0 aliphatic carbocycles. The van der Waals surface area contributed by atoms with Crippen molar-refractivity contribution in [1.82, 2.24) is 4.90 Å². The number of nitrogens with zero attached hydrogens (tertiary/aromatic N) is 1. The number of benzene rings is 1. The predicted octanol–water partition coefficient (Wildman–Crippen LogP) is 0.735. The number of amides is 2. The van der Waals surface area contributed by atoms with Gasteiger partial charge in [0, 0.05) is 13.0 Å². The first kappa shape index (κ1) is 14.2. The molecule has 1 aromatic carbocycles. The Hall–Kier alpha value is -2.21. The van der Waals surface area contributed by atoms with Gasteiger partial charge in [-0.05, 0) is 25.0 Å². The zero-order valence-electron chi connectivity index (χ0n) is 11.2. The van der Waals surface area contributed by atoms with Gasteiger partial charge in [-0.25, -0.2) is 4.79 Å². The lowest BCUT2D eigenvalue weighted by Gasteiger charge is -2.14. The first-order valence-electron chi connectivity index (χ1n) is 6.22. The molecule has 0 spiro atoms. The summed E-state index contributed by atoms with van der Waals surface area (Å²) in [5, 5.41) is 17.8. The third-order valence-electron chi connectivity index (χ3n) is 3.45. The number of imide groups is 1. The zero-order chi connectivity index (χ0) is 15.0. The van der Waals surface area contributed by atoms with Gasteiger partial charge in [-0.15, -0.1) is 0 Å². The minimum atomic E-state index is -1.58. The van der Waals surface area contributed by atoms with Crippen molar-refractivity contribution >= 4 is 17.8 Å². The molecule has 1 aliphatic heterocycles. The van der Waals surface area contributed by atoms with Gasteiger partial charge in [0.25, 0.3) is 11.8 Å². The van der Waals surface area contributed by atoms with E-state index < -0.39 is 23.9 Å². The highest BCUT2D eigenvalue weighted by atomic mass is 16.4. The van der Waals surface area contributed by atoms with Crippen molar-refractivity contribution in [3.05, 3.63) is 34.4 Å². The van der Waals surface area contributed by atoms with Gasteiger partial charge in [0.2, 0.25) is 0 Å². The van der Waals surface area contributed by atoms with E-state index in [1.165, 1.54) is 0 Å². The summed E-state index contributed by atoms with van der Waals surface area (Å²) in [5.74, 6) is -2.22. The highest BCUT2D eigenvalue weighted by Crippen LogP contribution is 2.28. The SMILES string of the molecule is Cc1ccc(C)c2c1C(=O)N(CCC(O)C(=O)O)C2=O. The molecule has 0 bridgehead atoms. The minimum Gasteiger partial charge on any atom is -0.479 e. The van der Waals surface area contributed by atoms with E-state index in [4.69, 9.17) is 5.11 Å². The largest absolute Gasteiger partial charge is 0.479 e. The van der Waals surface area contributed by atoms with Crippen LogP contribution >= 0.6 is 0 Å². The number of carboxylic acids is 1. The second kappa shape index (κ2) is 5.05. The number of hydrogen-bond donors (Lipinski definition) is 2. The Balaban J connectivity index is 2.27. The van der Waals surface area contributed by atoms with Gasteiger partial charge in [0.1, 0.15) is 0 Å². The quantitative estimate of drug-likeness (QED) is 0.791. The molecule has 0 radical (unpaired) electrons. The predicted molar refractivity (Wildman–Crippen MR) is 69.5 cm³/mol. The number of rotatable bonds is 4. The van der Waals surface area contributed by atoms with Gasteiger partial charge in [0.05, 0.1) is 11.1 Å². The van der Waals surface area contributed by atoms with Crippen LogP contribution in [0.15, 0.2) is 12.1 Å². The number of aryl methyl sites for hydroxylation is 2. The van der Waals surface area contributed by atoms with Crippen molar-refractivity contribution in [1.29, 1.82) is 0 Å². The molecule has 1 atom stereocenters. The van der Waals surface area contributed by atoms with Crippen molar-refractivity contribution in [3.63, 3.8) is 0 Å². The number of fused-ring (bicyclic) bond motifs is 1. The zero-order valence-corrected chi connectivity index (χ0v) is 11.2. The molecule has 106 valence electrons. The number of carbonyl (C=O) groups is 3. The molecule has 0 fully saturated rings. The monoisotopic (exact) mass is 277 g/mol. The summed E-state index contributed by atoms with van der Waals surface area (Å²) < 4.78 is 0. The summed E-state index contributed by atoms with van der Waals surface area (Å²) in [4.78, 5) is 36.0. The van der Waals surface area contributed by atoms with E-state index in [9.17, 15) is 19.5 Å². The first-order valence-corrected chi connectivity index (χ1v) is 6.22. The van der Waals surface area contributed by atoms with Crippen molar-refractivity contribution in [2.45, 2.75) is 26.4 Å². The highest BCUT2D eigenvalue weighted by Gasteiger charge is 2.38. The van der Waals surface area contributed by atoms with Gasteiger partial charge in [-0.1, -0.05) is 12.1 Å². The molecular weight excluding hydrogens is 262 g/mol. The molecule has 2 N–H and O–H groups in total. The molecule has 0 aromatic heterocycles. The molecule has 6 nitrogen and oxygen atoms in total. The van der Waals surface area contributed by atoms with E-state index in [1.807, 2.05) is 0 Å². The normalized spacial score (nSPS) is 15.4. The highest BCUT2D eigenvalue weighted by molar-refractivity contribution is 6.22. The van der Waals surface area contributed by atoms with Crippen LogP contribution in [-0.4, -0.2) is 45.5 Å². The molecule has 0 saturated carbocycles. The van der Waals surface area contributed by atoms with Crippen molar-refractivity contribution in [2.24, 2.45) is 0 Å². The van der Waals surface area contributed by atoms with Crippen LogP contribution in [0.25, 0.3) is 0 Å². The van der Waals surface area contributed by atoms with Crippen LogP contribution in [-0.2, 0) is 4.79 Å². The van der Waals surface area contributed by atoms with Crippen LogP contribution in [0.2, 0.25) is 0 Å². The molecule has 0 saturated heterocycles. The lowest BCUT2D eigenvalue weighted by molar-refractivity contribution is -0.147. The Morgan fingerprint density at radius 2 is 1.60 bits per heavy atom. The molecule has 2 amide bonds. The fourth-order valence-electron chi connectivity index (χ4n) is 2.30. The maximum atomic E-state index is 12.2. The van der Waals surface area contributed by atoms with Crippen LogP contribution in [0.5, 0.6) is 0 Å². The standard InChI is InChI=1S/C14H15NO5/c1-7-3-4-8(2)11-10(7)12(17)15(13(11)18)6-5-9(16)14(19)20/h3-4,9,16H,5-6H2,1-2H3,(H,19,20). The van der Waals surface area contributed by atoms with E-state index in [0.717, 1.165) is 4.90 Å². The van der Waals surface area contributed by atoms with Gasteiger partial charge in [-0.3, -0.25) is 14.5 Å². The van der Waals surface area contributed by atoms with Crippen LogP contribution in [0.3, 0.4) is 0 Å². The smallest absolute Gasteiger partial charge is 0.332 e. The second-order valence-corrected chi connectivity index (χ2v) is 4.85. The molecule has 6 heteroatoms. The van der Waals surface area contributed by atoms with Gasteiger partial charge < -0.3 is 10.2 Å². The Labute approximate surface area is 115 Å². The average Bonchev–Trinajstić information content (AvgIpc) is 2.64. The molecule has 20 heavy (non-hydrogen) atoms. The number of aliphatic hydroxyl groups is 1. The van der Waals surface area contributed by atoms with E-state index in [-0.39, 0.29) is 13.0 Å². The number of aliphatic hydroxyl groups excluding tert-OH is 1.